The number of carbonyl (C=O) groups is 1. The maximum absolute atomic E-state index is 13.0. The molecule has 2 aromatic heterocycles. The predicted molar refractivity (Wildman–Crippen MR) is 94.7 cm³/mol. The quantitative estimate of drug-likeness (QED) is 0.877. The van der Waals surface area contributed by atoms with E-state index in [9.17, 15) is 9.90 Å². The average Bonchev–Trinajstić information content (AvgIpc) is 3.27. The number of rotatable bonds is 3. The maximum Gasteiger partial charge on any atom is 0.256 e. The zero-order valence-corrected chi connectivity index (χ0v) is 15.0. The first-order valence-electron chi connectivity index (χ1n) is 9.58. The predicted octanol–water partition coefficient (Wildman–Crippen LogP) is 1.67. The van der Waals surface area contributed by atoms with Crippen LogP contribution >= 0.6 is 0 Å². The third-order valence-corrected chi connectivity index (χ3v) is 6.76. The molecule has 0 radical (unpaired) electrons. The third kappa shape index (κ3) is 2.48. The van der Waals surface area contributed by atoms with Crippen LogP contribution in [-0.4, -0.2) is 42.2 Å². The van der Waals surface area contributed by atoms with Crippen molar-refractivity contribution in [2.75, 3.05) is 0 Å². The molecule has 3 unspecified atom stereocenters. The molecule has 7 heteroatoms. The van der Waals surface area contributed by atoms with E-state index in [1.165, 1.54) is 6.42 Å². The summed E-state index contributed by atoms with van der Waals surface area (Å²) in [5, 5.41) is 22.6. The minimum absolute atomic E-state index is 0.0955. The van der Waals surface area contributed by atoms with E-state index in [4.69, 9.17) is 0 Å². The molecular formula is C19H25N5O2. The number of nitrogens with zero attached hydrogens (tertiary/aromatic N) is 4. The van der Waals surface area contributed by atoms with Crippen LogP contribution < -0.4 is 5.32 Å². The monoisotopic (exact) mass is 355 g/mol. The summed E-state index contributed by atoms with van der Waals surface area (Å²) in [7, 11) is 1.81. The van der Waals surface area contributed by atoms with Gasteiger partial charge in [-0.25, -0.2) is 4.68 Å². The highest BCUT2D eigenvalue weighted by molar-refractivity contribution is 5.97. The summed E-state index contributed by atoms with van der Waals surface area (Å²) in [4.78, 5) is 13.0. The molecule has 138 valence electrons. The molecule has 2 N–H and O–H groups in total. The van der Waals surface area contributed by atoms with Gasteiger partial charge < -0.3 is 10.4 Å². The summed E-state index contributed by atoms with van der Waals surface area (Å²) in [5.74, 6) is 2.13. The van der Waals surface area contributed by atoms with Crippen LogP contribution in [0.15, 0.2) is 24.7 Å². The van der Waals surface area contributed by atoms with Gasteiger partial charge in [-0.3, -0.25) is 9.48 Å². The van der Waals surface area contributed by atoms with Crippen molar-refractivity contribution in [3.63, 3.8) is 0 Å². The van der Waals surface area contributed by atoms with Crippen LogP contribution in [0.2, 0.25) is 0 Å². The normalized spacial score (nSPS) is 35.5. The highest BCUT2D eigenvalue weighted by atomic mass is 16.3. The summed E-state index contributed by atoms with van der Waals surface area (Å²) in [5.41, 5.74) is 0.0507. The first-order chi connectivity index (χ1) is 12.5. The lowest BCUT2D eigenvalue weighted by Gasteiger charge is -2.33. The van der Waals surface area contributed by atoms with Crippen LogP contribution in [-0.2, 0) is 7.05 Å². The number of fused-ring (bicyclic) bond motifs is 2. The lowest BCUT2D eigenvalue weighted by Crippen LogP contribution is -2.42. The van der Waals surface area contributed by atoms with Crippen LogP contribution in [0.3, 0.4) is 0 Å². The molecule has 3 aliphatic rings. The zero-order chi connectivity index (χ0) is 17.9. The van der Waals surface area contributed by atoms with E-state index in [2.05, 4.69) is 15.5 Å². The molecule has 3 fully saturated rings. The maximum atomic E-state index is 13.0. The third-order valence-electron chi connectivity index (χ3n) is 6.76. The van der Waals surface area contributed by atoms with Gasteiger partial charge in [0.25, 0.3) is 5.91 Å². The van der Waals surface area contributed by atoms with Gasteiger partial charge in [0.05, 0.1) is 11.8 Å². The van der Waals surface area contributed by atoms with Gasteiger partial charge in [0, 0.05) is 25.5 Å². The number of carbonyl (C=O) groups excluding carboxylic acids is 1. The molecule has 2 heterocycles. The SMILES string of the molecule is Cn1ncc(C(=O)N[C@H]2CCC3CC4C[C@@](O)(C3)CC42)c1-n1cccn1. The van der Waals surface area contributed by atoms with Crippen LogP contribution in [0.4, 0.5) is 0 Å². The van der Waals surface area contributed by atoms with Crippen molar-refractivity contribution in [2.24, 2.45) is 24.8 Å². The second-order valence-electron chi connectivity index (χ2n) is 8.48. The van der Waals surface area contributed by atoms with E-state index in [0.29, 0.717) is 29.1 Å². The van der Waals surface area contributed by atoms with Gasteiger partial charge in [-0.05, 0) is 62.3 Å². The zero-order valence-electron chi connectivity index (χ0n) is 15.0. The highest BCUT2D eigenvalue weighted by Crippen LogP contribution is 2.55. The van der Waals surface area contributed by atoms with Gasteiger partial charge >= 0.3 is 0 Å². The number of nitrogens with one attached hydrogen (secondary N) is 1. The van der Waals surface area contributed by atoms with Crippen LogP contribution in [0.25, 0.3) is 5.82 Å². The fourth-order valence-electron chi connectivity index (χ4n) is 5.80. The van der Waals surface area contributed by atoms with Crippen molar-refractivity contribution in [3.8, 4) is 5.82 Å². The van der Waals surface area contributed by atoms with Crippen molar-refractivity contribution < 1.29 is 9.90 Å². The van der Waals surface area contributed by atoms with Crippen molar-refractivity contribution in [1.29, 1.82) is 0 Å². The lowest BCUT2D eigenvalue weighted by molar-refractivity contribution is -0.00594. The fourth-order valence-corrected chi connectivity index (χ4v) is 5.80. The van der Waals surface area contributed by atoms with Crippen molar-refractivity contribution in [3.05, 3.63) is 30.2 Å². The molecule has 0 aliphatic heterocycles. The number of aliphatic hydroxyl groups is 1. The Hall–Kier alpha value is -2.15. The van der Waals surface area contributed by atoms with Crippen LogP contribution in [0.5, 0.6) is 0 Å². The largest absolute Gasteiger partial charge is 0.390 e. The topological polar surface area (TPSA) is 85.0 Å². The summed E-state index contributed by atoms with van der Waals surface area (Å²) in [6.45, 7) is 0. The van der Waals surface area contributed by atoms with E-state index in [0.717, 1.165) is 32.1 Å². The molecule has 7 nitrogen and oxygen atoms in total. The van der Waals surface area contributed by atoms with Crippen molar-refractivity contribution >= 4 is 5.91 Å². The second kappa shape index (κ2) is 5.67. The summed E-state index contributed by atoms with van der Waals surface area (Å²) in [6, 6.07) is 1.97. The Bertz CT molecular complexity index is 829. The number of aryl methyl sites for hydroxylation is 1. The molecule has 3 aliphatic carbocycles. The van der Waals surface area contributed by atoms with Gasteiger partial charge in [-0.2, -0.15) is 10.2 Å². The molecule has 2 aromatic rings. The Balaban J connectivity index is 1.40. The molecule has 26 heavy (non-hydrogen) atoms. The molecule has 1 amide bonds. The van der Waals surface area contributed by atoms with E-state index in [1.807, 2.05) is 19.3 Å². The highest BCUT2D eigenvalue weighted by Gasteiger charge is 2.53. The fraction of sp³-hybridized carbons (Fsp3) is 0.632. The first kappa shape index (κ1) is 16.1. The Morgan fingerprint density at radius 2 is 2.19 bits per heavy atom. The molecule has 3 saturated carbocycles. The van der Waals surface area contributed by atoms with Gasteiger partial charge in [-0.1, -0.05) is 0 Å². The first-order valence-corrected chi connectivity index (χ1v) is 9.58. The lowest BCUT2D eigenvalue weighted by atomic mass is 9.77. The Morgan fingerprint density at radius 3 is 3.00 bits per heavy atom. The van der Waals surface area contributed by atoms with E-state index < -0.39 is 5.60 Å². The molecule has 0 aromatic carbocycles. The number of aromatic nitrogens is 4. The van der Waals surface area contributed by atoms with Crippen LogP contribution in [0, 0.1) is 17.8 Å². The van der Waals surface area contributed by atoms with E-state index in [1.54, 1.807) is 21.8 Å². The van der Waals surface area contributed by atoms with E-state index in [-0.39, 0.29) is 11.9 Å². The van der Waals surface area contributed by atoms with Gasteiger partial charge in [0.1, 0.15) is 5.56 Å². The Morgan fingerprint density at radius 1 is 1.31 bits per heavy atom. The van der Waals surface area contributed by atoms with Crippen LogP contribution in [0.1, 0.15) is 48.9 Å². The van der Waals surface area contributed by atoms with Gasteiger partial charge in [0.15, 0.2) is 5.82 Å². The van der Waals surface area contributed by atoms with Crippen molar-refractivity contribution in [1.82, 2.24) is 24.9 Å². The minimum atomic E-state index is -0.490. The number of hydrogen-bond acceptors (Lipinski definition) is 4. The molecular weight excluding hydrogens is 330 g/mol. The smallest absolute Gasteiger partial charge is 0.256 e. The molecule has 5 atom stereocenters. The standard InChI is InChI=1S/C19H25N5O2/c1-23-18(24-6-2-5-20-24)15(11-21-23)17(25)22-16-4-3-12-7-13-9-19(26,8-12)10-14(13)16/h2,5-6,11-14,16,26H,3-4,7-10H2,1H3,(H,22,25)/t12?,13?,14?,16-,19-/m0/s1. The van der Waals surface area contributed by atoms with Gasteiger partial charge in [-0.15, -0.1) is 0 Å². The number of hydrogen-bond donors (Lipinski definition) is 2. The average molecular weight is 355 g/mol. The minimum Gasteiger partial charge on any atom is -0.390 e. The summed E-state index contributed by atoms with van der Waals surface area (Å²) >= 11 is 0. The van der Waals surface area contributed by atoms with Crippen molar-refractivity contribution in [2.45, 2.75) is 50.2 Å². The molecule has 0 saturated heterocycles. The van der Waals surface area contributed by atoms with E-state index >= 15 is 0 Å². The summed E-state index contributed by atoms with van der Waals surface area (Å²) in [6.07, 6.45) is 11.1. The number of amides is 1. The molecule has 5 rings (SSSR count). The van der Waals surface area contributed by atoms with Gasteiger partial charge in [0.2, 0.25) is 0 Å². The second-order valence-corrected chi connectivity index (χ2v) is 8.48. The Kier molecular flexibility index (Phi) is 3.50. The molecule has 3 bridgehead atoms. The molecule has 0 spiro atoms. The summed E-state index contributed by atoms with van der Waals surface area (Å²) < 4.78 is 3.34. The Labute approximate surface area is 152 Å².